The van der Waals surface area contributed by atoms with Gasteiger partial charge in [0.25, 0.3) is 5.19 Å². The number of hydrogen-bond donors (Lipinski definition) is 1. The van der Waals surface area contributed by atoms with Gasteiger partial charge in [0, 0.05) is 37.0 Å². The van der Waals surface area contributed by atoms with Gasteiger partial charge in [-0.25, -0.2) is 0 Å². The largest absolute Gasteiger partial charge is 0.490 e. The molecule has 1 aliphatic heterocycles. The van der Waals surface area contributed by atoms with E-state index in [-0.39, 0.29) is 24.5 Å². The second-order valence-electron chi connectivity index (χ2n) is 8.26. The van der Waals surface area contributed by atoms with Gasteiger partial charge in [0.05, 0.1) is 24.8 Å². The molecule has 2 aliphatic rings. The summed E-state index contributed by atoms with van der Waals surface area (Å²) in [6, 6.07) is 7.54. The summed E-state index contributed by atoms with van der Waals surface area (Å²) in [4.78, 5) is 19.1. The van der Waals surface area contributed by atoms with Crippen LogP contribution in [-0.2, 0) is 11.2 Å². The maximum Gasteiger partial charge on any atom is 0.296 e. The van der Waals surface area contributed by atoms with E-state index < -0.39 is 0 Å². The molecular weight excluding hydrogens is 442 g/mol. The van der Waals surface area contributed by atoms with Crippen LogP contribution >= 0.6 is 11.3 Å². The number of amides is 1. The zero-order valence-electron chi connectivity index (χ0n) is 18.3. The first-order valence-corrected chi connectivity index (χ1v) is 11.9. The Kier molecular flexibility index (Phi) is 6.29. The monoisotopic (exact) mass is 467 g/mol. The average Bonchev–Trinajstić information content (AvgIpc) is 3.41. The number of pyridine rings is 1. The number of rotatable bonds is 8. The number of nitrogens with zero attached hydrogens (tertiary/aromatic N) is 6. The van der Waals surface area contributed by atoms with Gasteiger partial charge in [-0.15, -0.1) is 10.2 Å². The quantitative estimate of drug-likeness (QED) is 0.534. The second kappa shape index (κ2) is 9.65. The van der Waals surface area contributed by atoms with Crippen LogP contribution in [0.15, 0.2) is 30.5 Å². The third-order valence-corrected chi connectivity index (χ3v) is 6.35. The Bertz CT molecular complexity index is 1110. The summed E-state index contributed by atoms with van der Waals surface area (Å²) in [6.45, 7) is 3.43. The van der Waals surface area contributed by atoms with Crippen LogP contribution in [0.1, 0.15) is 37.1 Å². The van der Waals surface area contributed by atoms with Gasteiger partial charge in [-0.05, 0) is 49.7 Å². The van der Waals surface area contributed by atoms with Crippen molar-refractivity contribution in [3.8, 4) is 10.9 Å². The summed E-state index contributed by atoms with van der Waals surface area (Å²) < 4.78 is 11.9. The minimum Gasteiger partial charge on any atom is -0.490 e. The fourth-order valence-corrected chi connectivity index (χ4v) is 4.49. The molecule has 0 radical (unpaired) electrons. The zero-order valence-corrected chi connectivity index (χ0v) is 19.1. The first-order chi connectivity index (χ1) is 16.1. The number of nitrogens with one attached hydrogen (secondary N) is 1. The Balaban J connectivity index is 1.13. The van der Waals surface area contributed by atoms with Gasteiger partial charge in [0.1, 0.15) is 11.9 Å². The summed E-state index contributed by atoms with van der Waals surface area (Å²) in [6.07, 6.45) is 6.27. The lowest BCUT2D eigenvalue weighted by Gasteiger charge is -2.26. The lowest BCUT2D eigenvalue weighted by molar-refractivity contribution is -0.115. The third kappa shape index (κ3) is 5.54. The smallest absolute Gasteiger partial charge is 0.296 e. The fraction of sp³-hybridized carbons (Fsp3) is 0.455. The van der Waals surface area contributed by atoms with Crippen molar-refractivity contribution in [3.63, 3.8) is 0 Å². The number of aryl methyl sites for hydroxylation is 1. The Morgan fingerprint density at radius 1 is 1.18 bits per heavy atom. The molecule has 2 fully saturated rings. The summed E-state index contributed by atoms with van der Waals surface area (Å²) >= 11 is 1.21. The van der Waals surface area contributed by atoms with Crippen LogP contribution in [-0.4, -0.2) is 56.6 Å². The highest BCUT2D eigenvalue weighted by Crippen LogP contribution is 2.28. The number of carbonyl (C=O) groups is 1. The average molecular weight is 468 g/mol. The van der Waals surface area contributed by atoms with Gasteiger partial charge >= 0.3 is 0 Å². The number of carbonyl (C=O) groups excluding carboxylic acids is 1. The van der Waals surface area contributed by atoms with E-state index in [0.29, 0.717) is 22.6 Å². The Labute approximate surface area is 195 Å². The normalized spacial score (nSPS) is 18.1. The molecule has 3 aromatic rings. The van der Waals surface area contributed by atoms with E-state index in [9.17, 15) is 4.79 Å². The van der Waals surface area contributed by atoms with Gasteiger partial charge < -0.3 is 19.7 Å². The fourth-order valence-electron chi connectivity index (χ4n) is 3.82. The van der Waals surface area contributed by atoms with Gasteiger partial charge in [-0.3, -0.25) is 9.78 Å². The minimum atomic E-state index is -0.208. The first-order valence-electron chi connectivity index (χ1n) is 11.1. The Morgan fingerprint density at radius 2 is 2.09 bits per heavy atom. The van der Waals surface area contributed by atoms with E-state index in [1.807, 2.05) is 31.2 Å². The molecule has 1 aliphatic carbocycles. The second-order valence-corrected chi connectivity index (χ2v) is 9.20. The van der Waals surface area contributed by atoms with E-state index in [0.717, 1.165) is 43.1 Å². The minimum absolute atomic E-state index is 0.0194. The van der Waals surface area contributed by atoms with Gasteiger partial charge in [0.15, 0.2) is 5.82 Å². The van der Waals surface area contributed by atoms with Crippen molar-refractivity contribution < 1.29 is 14.3 Å². The molecule has 1 atom stereocenters. The molecule has 0 aromatic carbocycles. The van der Waals surface area contributed by atoms with Crippen molar-refractivity contribution in [2.75, 3.05) is 23.3 Å². The lowest BCUT2D eigenvalue weighted by atomic mass is 9.96. The van der Waals surface area contributed by atoms with E-state index >= 15 is 0 Å². The number of hydrogen-bond acceptors (Lipinski definition) is 10. The molecule has 10 nitrogen and oxygen atoms in total. The van der Waals surface area contributed by atoms with Crippen LogP contribution < -0.4 is 19.7 Å². The molecule has 11 heteroatoms. The van der Waals surface area contributed by atoms with Crippen molar-refractivity contribution in [2.24, 2.45) is 0 Å². The molecule has 5 rings (SSSR count). The highest BCUT2D eigenvalue weighted by molar-refractivity contribution is 7.17. The predicted octanol–water partition coefficient (Wildman–Crippen LogP) is 2.80. The SMILES string of the molecule is Cc1cc(OC2CCC2)cc(CC(=O)Nc2nnc(O[C@@H]3CCN(c4cccnn4)C3)s2)n1. The molecule has 33 heavy (non-hydrogen) atoms. The maximum absolute atomic E-state index is 12.5. The number of ether oxygens (including phenoxy) is 2. The van der Waals surface area contributed by atoms with Crippen molar-refractivity contribution in [1.29, 1.82) is 0 Å². The molecule has 1 N–H and O–H groups in total. The molecular formula is C22H25N7O3S. The van der Waals surface area contributed by atoms with Crippen LogP contribution in [0.3, 0.4) is 0 Å². The summed E-state index contributed by atoms with van der Waals surface area (Å²) in [7, 11) is 0. The van der Waals surface area contributed by atoms with E-state index in [1.165, 1.54) is 17.8 Å². The molecule has 1 saturated carbocycles. The highest BCUT2D eigenvalue weighted by Gasteiger charge is 2.26. The molecule has 1 amide bonds. The molecule has 172 valence electrons. The summed E-state index contributed by atoms with van der Waals surface area (Å²) in [5, 5.41) is 19.8. The number of aromatic nitrogens is 5. The first kappa shape index (κ1) is 21.5. The third-order valence-electron chi connectivity index (χ3n) is 5.62. The van der Waals surface area contributed by atoms with Crippen molar-refractivity contribution in [2.45, 2.75) is 51.2 Å². The highest BCUT2D eigenvalue weighted by atomic mass is 32.1. The van der Waals surface area contributed by atoms with Crippen molar-refractivity contribution in [3.05, 3.63) is 41.9 Å². The molecule has 0 spiro atoms. The van der Waals surface area contributed by atoms with Crippen LogP contribution in [0.25, 0.3) is 0 Å². The molecule has 0 unspecified atom stereocenters. The lowest BCUT2D eigenvalue weighted by Crippen LogP contribution is -2.25. The van der Waals surface area contributed by atoms with Crippen molar-refractivity contribution >= 4 is 28.2 Å². The predicted molar refractivity (Wildman–Crippen MR) is 123 cm³/mol. The topological polar surface area (TPSA) is 115 Å². The van der Waals surface area contributed by atoms with Crippen LogP contribution in [0, 0.1) is 6.92 Å². The van der Waals surface area contributed by atoms with Gasteiger partial charge in [-0.1, -0.05) is 5.10 Å². The molecule has 0 bridgehead atoms. The zero-order chi connectivity index (χ0) is 22.6. The van der Waals surface area contributed by atoms with E-state index in [4.69, 9.17) is 9.47 Å². The molecule has 1 saturated heterocycles. The maximum atomic E-state index is 12.5. The van der Waals surface area contributed by atoms with Gasteiger partial charge in [0.2, 0.25) is 11.0 Å². The van der Waals surface area contributed by atoms with E-state index in [2.05, 4.69) is 35.6 Å². The molecule has 4 heterocycles. The molecule has 3 aromatic heterocycles. The van der Waals surface area contributed by atoms with E-state index in [1.54, 1.807) is 6.20 Å². The van der Waals surface area contributed by atoms with Crippen LogP contribution in [0.4, 0.5) is 10.9 Å². The standard InChI is InChI=1S/C22H25N7O3S/c1-14-10-18(31-16-4-2-5-16)11-15(24-14)12-20(30)25-21-27-28-22(33-21)32-17-7-9-29(13-17)19-6-3-8-23-26-19/h3,6,8,10-11,16-17H,2,4-5,7,9,12-13H2,1H3,(H,25,27,30)/t17-/m1/s1. The Morgan fingerprint density at radius 3 is 2.88 bits per heavy atom. The van der Waals surface area contributed by atoms with Crippen molar-refractivity contribution in [1.82, 2.24) is 25.4 Å². The van der Waals surface area contributed by atoms with Gasteiger partial charge in [-0.2, -0.15) is 5.10 Å². The van der Waals surface area contributed by atoms with Crippen LogP contribution in [0.5, 0.6) is 10.9 Å². The number of anilines is 2. The summed E-state index contributed by atoms with van der Waals surface area (Å²) in [5.41, 5.74) is 1.49. The summed E-state index contributed by atoms with van der Waals surface area (Å²) in [5.74, 6) is 1.40. The Hall–Kier alpha value is -3.34. The van der Waals surface area contributed by atoms with Crippen LogP contribution in [0.2, 0.25) is 0 Å².